The summed E-state index contributed by atoms with van der Waals surface area (Å²) in [4.78, 5) is 11.5. The van der Waals surface area contributed by atoms with Gasteiger partial charge in [-0.05, 0) is 50.5 Å². The maximum absolute atomic E-state index is 5.51. The van der Waals surface area contributed by atoms with E-state index in [1.54, 1.807) is 0 Å². The maximum Gasteiger partial charge on any atom is 0.227 e. The first-order chi connectivity index (χ1) is 12.3. The largest absolute Gasteiger partial charge is 0.426 e. The van der Waals surface area contributed by atoms with Gasteiger partial charge < -0.3 is 14.6 Å². The third kappa shape index (κ3) is 4.08. The Morgan fingerprint density at radius 2 is 2.08 bits per heavy atom. The van der Waals surface area contributed by atoms with E-state index in [-0.39, 0.29) is 0 Å². The molecule has 1 aliphatic carbocycles. The van der Waals surface area contributed by atoms with Gasteiger partial charge in [0.1, 0.15) is 5.82 Å². The van der Waals surface area contributed by atoms with Crippen LogP contribution in [0.4, 0.5) is 11.8 Å². The molecule has 2 aromatic heterocycles. The number of aromatic nitrogens is 4. The van der Waals surface area contributed by atoms with Crippen LogP contribution in [0.2, 0.25) is 0 Å². The van der Waals surface area contributed by atoms with Crippen LogP contribution in [-0.4, -0.2) is 39.3 Å². The number of anilines is 2. The van der Waals surface area contributed by atoms with Crippen molar-refractivity contribution < 1.29 is 4.42 Å². The SMILES string of the molecule is Cc1nnc(C[C@@H]2CC[C@H](Nc3ccnc(N4CCCCC4)n3)C2)o1. The molecule has 7 nitrogen and oxygen atoms in total. The molecule has 0 aromatic carbocycles. The third-order valence-corrected chi connectivity index (χ3v) is 5.21. The highest BCUT2D eigenvalue weighted by molar-refractivity contribution is 5.42. The van der Waals surface area contributed by atoms with Crippen LogP contribution < -0.4 is 10.2 Å². The molecule has 7 heteroatoms. The van der Waals surface area contributed by atoms with Gasteiger partial charge in [-0.1, -0.05) is 0 Å². The number of piperidine rings is 1. The van der Waals surface area contributed by atoms with Crippen molar-refractivity contribution in [2.45, 2.75) is 57.9 Å². The summed E-state index contributed by atoms with van der Waals surface area (Å²) in [5.74, 6) is 3.81. The molecular weight excluding hydrogens is 316 g/mol. The molecule has 2 fully saturated rings. The summed E-state index contributed by atoms with van der Waals surface area (Å²) in [5.41, 5.74) is 0. The second kappa shape index (κ2) is 7.37. The highest BCUT2D eigenvalue weighted by atomic mass is 16.4. The molecule has 2 atom stereocenters. The van der Waals surface area contributed by atoms with E-state index < -0.39 is 0 Å². The Kier molecular flexibility index (Phi) is 4.81. The highest BCUT2D eigenvalue weighted by Crippen LogP contribution is 2.30. The van der Waals surface area contributed by atoms with Crippen LogP contribution in [-0.2, 0) is 6.42 Å². The summed E-state index contributed by atoms with van der Waals surface area (Å²) in [6.07, 6.45) is 9.99. The fraction of sp³-hybridized carbons (Fsp3) is 0.667. The minimum Gasteiger partial charge on any atom is -0.426 e. The number of hydrogen-bond donors (Lipinski definition) is 1. The smallest absolute Gasteiger partial charge is 0.227 e. The molecule has 1 saturated carbocycles. The Bertz CT molecular complexity index is 696. The quantitative estimate of drug-likeness (QED) is 0.894. The monoisotopic (exact) mass is 342 g/mol. The summed E-state index contributed by atoms with van der Waals surface area (Å²) < 4.78 is 5.51. The van der Waals surface area contributed by atoms with Crippen LogP contribution in [0, 0.1) is 12.8 Å². The van der Waals surface area contributed by atoms with Crippen molar-refractivity contribution in [2.24, 2.45) is 5.92 Å². The summed E-state index contributed by atoms with van der Waals surface area (Å²) >= 11 is 0. The Hall–Kier alpha value is -2.18. The van der Waals surface area contributed by atoms with Crippen molar-refractivity contribution in [3.8, 4) is 0 Å². The zero-order valence-corrected chi connectivity index (χ0v) is 14.8. The van der Waals surface area contributed by atoms with Gasteiger partial charge in [0.2, 0.25) is 17.7 Å². The van der Waals surface area contributed by atoms with Gasteiger partial charge in [0.25, 0.3) is 0 Å². The first-order valence-electron chi connectivity index (χ1n) is 9.40. The predicted molar refractivity (Wildman–Crippen MR) is 95.6 cm³/mol. The maximum atomic E-state index is 5.51. The van der Waals surface area contributed by atoms with E-state index in [0.29, 0.717) is 17.9 Å². The number of aryl methyl sites for hydroxylation is 1. The number of nitrogens with one attached hydrogen (secondary N) is 1. The van der Waals surface area contributed by atoms with Gasteiger partial charge in [-0.25, -0.2) is 4.98 Å². The number of nitrogens with zero attached hydrogens (tertiary/aromatic N) is 5. The van der Waals surface area contributed by atoms with Crippen LogP contribution in [0.25, 0.3) is 0 Å². The molecule has 1 saturated heterocycles. The van der Waals surface area contributed by atoms with Gasteiger partial charge in [-0.15, -0.1) is 10.2 Å². The Morgan fingerprint density at radius 3 is 2.88 bits per heavy atom. The van der Waals surface area contributed by atoms with Gasteiger partial charge in [-0.3, -0.25) is 0 Å². The summed E-state index contributed by atoms with van der Waals surface area (Å²) in [5, 5.41) is 11.6. The van der Waals surface area contributed by atoms with E-state index in [1.807, 2.05) is 19.2 Å². The van der Waals surface area contributed by atoms with Crippen molar-refractivity contribution in [2.75, 3.05) is 23.3 Å². The van der Waals surface area contributed by atoms with Crippen molar-refractivity contribution in [3.05, 3.63) is 24.0 Å². The third-order valence-electron chi connectivity index (χ3n) is 5.21. The molecule has 0 bridgehead atoms. The minimum atomic E-state index is 0.457. The zero-order chi connectivity index (χ0) is 17.1. The van der Waals surface area contributed by atoms with Crippen molar-refractivity contribution in [1.29, 1.82) is 0 Å². The molecule has 134 valence electrons. The first kappa shape index (κ1) is 16.3. The van der Waals surface area contributed by atoms with Crippen LogP contribution in [0.3, 0.4) is 0 Å². The second-order valence-corrected chi connectivity index (χ2v) is 7.23. The number of hydrogen-bond acceptors (Lipinski definition) is 7. The lowest BCUT2D eigenvalue weighted by atomic mass is 10.0. The lowest BCUT2D eigenvalue weighted by molar-refractivity contribution is 0.416. The molecule has 0 amide bonds. The molecular formula is C18H26N6O. The van der Waals surface area contributed by atoms with Gasteiger partial charge in [0.05, 0.1) is 0 Å². The normalized spacial score (nSPS) is 23.8. The summed E-state index contributed by atoms with van der Waals surface area (Å²) in [6, 6.07) is 2.43. The van der Waals surface area contributed by atoms with Crippen molar-refractivity contribution in [1.82, 2.24) is 20.2 Å². The zero-order valence-electron chi connectivity index (χ0n) is 14.8. The van der Waals surface area contributed by atoms with E-state index in [1.165, 1.54) is 25.7 Å². The standard InChI is InChI=1S/C18H26N6O/c1-13-22-23-17(25-13)12-14-5-6-15(11-14)20-16-7-8-19-18(21-16)24-9-3-2-4-10-24/h7-8,14-15H,2-6,9-12H2,1H3,(H,19,20,21)/t14-,15+/m1/s1. The number of rotatable bonds is 5. The molecule has 0 unspecified atom stereocenters. The van der Waals surface area contributed by atoms with Gasteiger partial charge in [0, 0.05) is 38.7 Å². The van der Waals surface area contributed by atoms with Crippen LogP contribution in [0.5, 0.6) is 0 Å². The molecule has 25 heavy (non-hydrogen) atoms. The van der Waals surface area contributed by atoms with Gasteiger partial charge >= 0.3 is 0 Å². The highest BCUT2D eigenvalue weighted by Gasteiger charge is 2.26. The summed E-state index contributed by atoms with van der Waals surface area (Å²) in [7, 11) is 0. The average molecular weight is 342 g/mol. The lowest BCUT2D eigenvalue weighted by Gasteiger charge is -2.27. The van der Waals surface area contributed by atoms with E-state index in [0.717, 1.165) is 50.0 Å². The lowest BCUT2D eigenvalue weighted by Crippen LogP contribution is -2.31. The molecule has 0 radical (unpaired) electrons. The molecule has 1 aliphatic heterocycles. The molecule has 2 aliphatic rings. The topological polar surface area (TPSA) is 80.0 Å². The van der Waals surface area contributed by atoms with Crippen LogP contribution >= 0.6 is 0 Å². The van der Waals surface area contributed by atoms with E-state index in [4.69, 9.17) is 9.40 Å². The molecule has 0 spiro atoms. The molecule has 1 N–H and O–H groups in total. The van der Waals surface area contributed by atoms with E-state index in [9.17, 15) is 0 Å². The molecule has 2 aromatic rings. The van der Waals surface area contributed by atoms with Gasteiger partial charge in [0.15, 0.2) is 0 Å². The predicted octanol–water partition coefficient (Wildman–Crippen LogP) is 2.98. The Labute approximate surface area is 148 Å². The molecule has 4 rings (SSSR count). The fourth-order valence-electron chi connectivity index (χ4n) is 3.94. The summed E-state index contributed by atoms with van der Waals surface area (Å²) in [6.45, 7) is 3.97. The van der Waals surface area contributed by atoms with Crippen molar-refractivity contribution in [3.63, 3.8) is 0 Å². The van der Waals surface area contributed by atoms with Crippen molar-refractivity contribution >= 4 is 11.8 Å². The van der Waals surface area contributed by atoms with E-state index >= 15 is 0 Å². The van der Waals surface area contributed by atoms with Gasteiger partial charge in [-0.2, -0.15) is 4.98 Å². The second-order valence-electron chi connectivity index (χ2n) is 7.23. The average Bonchev–Trinajstić information content (AvgIpc) is 3.25. The Morgan fingerprint density at radius 1 is 1.20 bits per heavy atom. The first-order valence-corrected chi connectivity index (χ1v) is 9.40. The van der Waals surface area contributed by atoms with Crippen LogP contribution in [0.1, 0.15) is 50.3 Å². The van der Waals surface area contributed by atoms with E-state index in [2.05, 4.69) is 25.4 Å². The Balaban J connectivity index is 1.33. The fourth-order valence-corrected chi connectivity index (χ4v) is 3.94. The minimum absolute atomic E-state index is 0.457. The van der Waals surface area contributed by atoms with Crippen LogP contribution in [0.15, 0.2) is 16.7 Å². The molecule has 3 heterocycles.